The van der Waals surface area contributed by atoms with Crippen molar-refractivity contribution in [3.05, 3.63) is 11.6 Å². The van der Waals surface area contributed by atoms with Gasteiger partial charge >= 0.3 is 0 Å². The van der Waals surface area contributed by atoms with E-state index in [-0.39, 0.29) is 17.3 Å². The molecule has 2 rings (SSSR count). The molecule has 0 aliphatic heterocycles. The van der Waals surface area contributed by atoms with Gasteiger partial charge in [0.05, 0.1) is 6.10 Å². The lowest BCUT2D eigenvalue weighted by molar-refractivity contribution is -0.117. The largest absolute Gasteiger partial charge is 0.393 e. The molecule has 2 aliphatic carbocycles. The van der Waals surface area contributed by atoms with Crippen molar-refractivity contribution in [3.8, 4) is 0 Å². The first kappa shape index (κ1) is 11.8. The van der Waals surface area contributed by atoms with Crippen LogP contribution in [0.25, 0.3) is 0 Å². The third kappa shape index (κ3) is 1.84. The molecule has 0 aromatic heterocycles. The van der Waals surface area contributed by atoms with Crippen LogP contribution in [-0.2, 0) is 4.79 Å². The Labute approximate surface area is 97.7 Å². The van der Waals surface area contributed by atoms with Gasteiger partial charge in [0.15, 0.2) is 5.78 Å². The highest BCUT2D eigenvalue weighted by Gasteiger charge is 2.44. The predicted molar refractivity (Wildman–Crippen MR) is 64.0 cm³/mol. The summed E-state index contributed by atoms with van der Waals surface area (Å²) in [7, 11) is 0. The van der Waals surface area contributed by atoms with Crippen LogP contribution in [0.5, 0.6) is 0 Å². The summed E-state index contributed by atoms with van der Waals surface area (Å²) in [5, 5.41) is 9.73. The van der Waals surface area contributed by atoms with E-state index < -0.39 is 0 Å². The summed E-state index contributed by atoms with van der Waals surface area (Å²) in [6, 6.07) is 0. The zero-order valence-corrected chi connectivity index (χ0v) is 10.5. The second-order valence-electron chi connectivity index (χ2n) is 5.90. The van der Waals surface area contributed by atoms with E-state index in [9.17, 15) is 9.90 Å². The molecule has 0 bridgehead atoms. The van der Waals surface area contributed by atoms with E-state index in [1.54, 1.807) is 0 Å². The summed E-state index contributed by atoms with van der Waals surface area (Å²) >= 11 is 0. The van der Waals surface area contributed by atoms with Crippen LogP contribution in [0.4, 0.5) is 0 Å². The van der Waals surface area contributed by atoms with Crippen LogP contribution < -0.4 is 0 Å². The Morgan fingerprint density at radius 2 is 2.25 bits per heavy atom. The van der Waals surface area contributed by atoms with E-state index in [4.69, 9.17) is 0 Å². The fourth-order valence-electron chi connectivity index (χ4n) is 3.35. The maximum Gasteiger partial charge on any atom is 0.155 e. The van der Waals surface area contributed by atoms with Gasteiger partial charge in [0, 0.05) is 6.42 Å². The van der Waals surface area contributed by atoms with Gasteiger partial charge in [-0.25, -0.2) is 0 Å². The van der Waals surface area contributed by atoms with Crippen LogP contribution in [0, 0.1) is 17.3 Å². The van der Waals surface area contributed by atoms with E-state index in [2.05, 4.69) is 13.8 Å². The smallest absolute Gasteiger partial charge is 0.155 e. The first-order valence-corrected chi connectivity index (χ1v) is 6.35. The number of fused-ring (bicyclic) bond motifs is 1. The highest BCUT2D eigenvalue weighted by atomic mass is 16.3. The molecule has 16 heavy (non-hydrogen) atoms. The number of hydrogen-bond donors (Lipinski definition) is 1. The predicted octanol–water partition coefficient (Wildman–Crippen LogP) is 2.71. The van der Waals surface area contributed by atoms with Crippen molar-refractivity contribution in [3.63, 3.8) is 0 Å². The average Bonchev–Trinajstić information content (AvgIpc) is 2.19. The number of carbonyl (C=O) groups excluding carboxylic acids is 1. The second-order valence-corrected chi connectivity index (χ2v) is 5.90. The van der Waals surface area contributed by atoms with Crippen LogP contribution in [-0.4, -0.2) is 17.0 Å². The summed E-state index contributed by atoms with van der Waals surface area (Å²) in [5.41, 5.74) is 1.47. The fourth-order valence-corrected chi connectivity index (χ4v) is 3.35. The van der Waals surface area contributed by atoms with Gasteiger partial charge in [0.25, 0.3) is 0 Å². The molecule has 0 spiro atoms. The van der Waals surface area contributed by atoms with E-state index >= 15 is 0 Å². The number of ketones is 1. The van der Waals surface area contributed by atoms with Gasteiger partial charge in [0.1, 0.15) is 0 Å². The quantitative estimate of drug-likeness (QED) is 0.740. The molecule has 2 heteroatoms. The van der Waals surface area contributed by atoms with E-state index in [1.165, 1.54) is 5.57 Å². The molecule has 1 saturated carbocycles. The van der Waals surface area contributed by atoms with Crippen molar-refractivity contribution in [1.29, 1.82) is 0 Å². The van der Waals surface area contributed by atoms with Gasteiger partial charge in [0.2, 0.25) is 0 Å². The Kier molecular flexibility index (Phi) is 2.95. The zero-order valence-electron chi connectivity index (χ0n) is 10.5. The molecule has 90 valence electrons. The van der Waals surface area contributed by atoms with Crippen molar-refractivity contribution in [2.24, 2.45) is 17.3 Å². The van der Waals surface area contributed by atoms with Crippen molar-refractivity contribution in [2.45, 2.75) is 52.6 Å². The van der Waals surface area contributed by atoms with Crippen molar-refractivity contribution >= 4 is 5.78 Å². The van der Waals surface area contributed by atoms with Crippen molar-refractivity contribution in [2.75, 3.05) is 0 Å². The monoisotopic (exact) mass is 222 g/mol. The SMILES string of the molecule is CC(O)[C@@H]1CCC2=CC(=O)C[C@@H](C)[C@]2(C)C1. The molecule has 0 amide bonds. The van der Waals surface area contributed by atoms with E-state index in [0.29, 0.717) is 18.3 Å². The van der Waals surface area contributed by atoms with Gasteiger partial charge < -0.3 is 5.11 Å². The first-order chi connectivity index (χ1) is 7.43. The minimum Gasteiger partial charge on any atom is -0.393 e. The Hall–Kier alpha value is -0.630. The first-order valence-electron chi connectivity index (χ1n) is 6.35. The number of allylic oxidation sites excluding steroid dienone is 2. The lowest BCUT2D eigenvalue weighted by atomic mass is 9.58. The molecule has 1 N–H and O–H groups in total. The molecule has 0 heterocycles. The number of aliphatic hydroxyl groups is 1. The lowest BCUT2D eigenvalue weighted by Gasteiger charge is -2.47. The lowest BCUT2D eigenvalue weighted by Crippen LogP contribution is -2.40. The summed E-state index contributed by atoms with van der Waals surface area (Å²) in [4.78, 5) is 11.6. The molecular weight excluding hydrogens is 200 g/mol. The van der Waals surface area contributed by atoms with Gasteiger partial charge in [-0.15, -0.1) is 0 Å². The molecule has 0 aromatic rings. The highest BCUT2D eigenvalue weighted by Crippen LogP contribution is 2.51. The molecule has 2 aliphatic rings. The third-order valence-electron chi connectivity index (χ3n) is 4.82. The molecule has 0 aromatic carbocycles. The fraction of sp³-hybridized carbons (Fsp3) is 0.786. The molecule has 4 atom stereocenters. The number of rotatable bonds is 1. The highest BCUT2D eigenvalue weighted by molar-refractivity contribution is 5.91. The standard InChI is InChI=1S/C14H22O2/c1-9-6-13(16)7-12-5-4-11(10(2)15)8-14(9,12)3/h7,9-11,15H,4-6,8H2,1-3H3/t9-,10?,11-,14+/m1/s1. The number of carbonyl (C=O) groups is 1. The van der Waals surface area contributed by atoms with Crippen LogP contribution in [0.15, 0.2) is 11.6 Å². The normalized spacial score (nSPS) is 41.2. The minimum absolute atomic E-state index is 0.147. The Morgan fingerprint density at radius 3 is 2.88 bits per heavy atom. The molecule has 0 radical (unpaired) electrons. The molecule has 2 nitrogen and oxygen atoms in total. The Balaban J connectivity index is 2.27. The minimum atomic E-state index is -0.219. The van der Waals surface area contributed by atoms with Crippen LogP contribution in [0.1, 0.15) is 46.5 Å². The summed E-state index contributed by atoms with van der Waals surface area (Å²) in [6.45, 7) is 6.33. The van der Waals surface area contributed by atoms with Gasteiger partial charge in [-0.1, -0.05) is 19.4 Å². The maximum atomic E-state index is 11.6. The van der Waals surface area contributed by atoms with Crippen LogP contribution in [0.2, 0.25) is 0 Å². The number of aliphatic hydroxyl groups excluding tert-OH is 1. The van der Waals surface area contributed by atoms with E-state index in [1.807, 2.05) is 13.0 Å². The zero-order chi connectivity index (χ0) is 11.9. The Morgan fingerprint density at radius 1 is 1.56 bits per heavy atom. The molecule has 0 saturated heterocycles. The van der Waals surface area contributed by atoms with Crippen LogP contribution in [0.3, 0.4) is 0 Å². The Bertz CT molecular complexity index is 330. The summed E-state index contributed by atoms with van der Waals surface area (Å²) in [5.74, 6) is 1.11. The van der Waals surface area contributed by atoms with Gasteiger partial charge in [-0.2, -0.15) is 0 Å². The topological polar surface area (TPSA) is 37.3 Å². The molecular formula is C14H22O2. The van der Waals surface area contributed by atoms with E-state index in [0.717, 1.165) is 19.3 Å². The second kappa shape index (κ2) is 3.99. The van der Waals surface area contributed by atoms with Gasteiger partial charge in [-0.05, 0) is 49.5 Å². The van der Waals surface area contributed by atoms with Gasteiger partial charge in [-0.3, -0.25) is 4.79 Å². The summed E-state index contributed by atoms with van der Waals surface area (Å²) < 4.78 is 0. The average molecular weight is 222 g/mol. The van der Waals surface area contributed by atoms with Crippen LogP contribution >= 0.6 is 0 Å². The third-order valence-corrected chi connectivity index (χ3v) is 4.82. The van der Waals surface area contributed by atoms with Crippen molar-refractivity contribution in [1.82, 2.24) is 0 Å². The maximum absolute atomic E-state index is 11.6. The van der Waals surface area contributed by atoms with Crippen molar-refractivity contribution < 1.29 is 9.90 Å². The molecule has 1 fully saturated rings. The molecule has 1 unspecified atom stereocenters. The number of hydrogen-bond acceptors (Lipinski definition) is 2. The summed E-state index contributed by atoms with van der Waals surface area (Å²) in [6.07, 6.45) is 5.37.